The van der Waals surface area contributed by atoms with Crippen molar-refractivity contribution in [2.24, 2.45) is 0 Å². The summed E-state index contributed by atoms with van der Waals surface area (Å²) in [5.41, 5.74) is 5.54. The lowest BCUT2D eigenvalue weighted by molar-refractivity contribution is -0.139. The summed E-state index contributed by atoms with van der Waals surface area (Å²) in [7, 11) is 0. The van der Waals surface area contributed by atoms with Crippen LogP contribution in [0.3, 0.4) is 0 Å². The van der Waals surface area contributed by atoms with Crippen LogP contribution < -0.4 is 0 Å². The third-order valence-corrected chi connectivity index (χ3v) is 2.48. The van der Waals surface area contributed by atoms with Gasteiger partial charge in [0.25, 0.3) is 0 Å². The molecule has 1 aromatic carbocycles. The number of benzene rings is 1. The lowest BCUT2D eigenvalue weighted by Crippen LogP contribution is -2.04. The SMILES string of the molecule is C=C(COC(C)=O)c1c(C)cc(C)cc1C. The smallest absolute Gasteiger partial charge is 0.302 e. The predicted molar refractivity (Wildman–Crippen MR) is 66.3 cm³/mol. The van der Waals surface area contributed by atoms with Crippen LogP contribution in [0.1, 0.15) is 29.2 Å². The van der Waals surface area contributed by atoms with Crippen LogP contribution in [0.4, 0.5) is 0 Å². The maximum absolute atomic E-state index is 10.7. The van der Waals surface area contributed by atoms with Gasteiger partial charge in [-0.3, -0.25) is 4.79 Å². The second-order valence-corrected chi connectivity index (χ2v) is 4.16. The highest BCUT2D eigenvalue weighted by molar-refractivity contribution is 5.73. The van der Waals surface area contributed by atoms with Gasteiger partial charge in [-0.05, 0) is 43.0 Å². The minimum absolute atomic E-state index is 0.264. The zero-order chi connectivity index (χ0) is 12.3. The van der Waals surface area contributed by atoms with E-state index in [1.165, 1.54) is 23.6 Å². The quantitative estimate of drug-likeness (QED) is 0.728. The second kappa shape index (κ2) is 4.97. The number of hydrogen-bond acceptors (Lipinski definition) is 2. The van der Waals surface area contributed by atoms with E-state index in [4.69, 9.17) is 4.74 Å². The molecule has 0 fully saturated rings. The Morgan fingerprint density at radius 3 is 2.19 bits per heavy atom. The van der Waals surface area contributed by atoms with Crippen molar-refractivity contribution in [3.63, 3.8) is 0 Å². The number of hydrogen-bond donors (Lipinski definition) is 0. The van der Waals surface area contributed by atoms with Crippen LogP contribution in [0, 0.1) is 20.8 Å². The Labute approximate surface area is 96.9 Å². The summed E-state index contributed by atoms with van der Waals surface area (Å²) in [6.45, 7) is 11.8. The van der Waals surface area contributed by atoms with Crippen molar-refractivity contribution in [2.75, 3.05) is 6.61 Å². The zero-order valence-electron chi connectivity index (χ0n) is 10.4. The summed E-state index contributed by atoms with van der Waals surface area (Å²) in [6, 6.07) is 4.22. The topological polar surface area (TPSA) is 26.3 Å². The van der Waals surface area contributed by atoms with Crippen molar-refractivity contribution in [2.45, 2.75) is 27.7 Å². The van der Waals surface area contributed by atoms with Crippen molar-refractivity contribution in [3.8, 4) is 0 Å². The molecule has 0 aromatic heterocycles. The molecule has 0 N–H and O–H groups in total. The summed E-state index contributed by atoms with van der Waals surface area (Å²) in [5, 5.41) is 0. The third kappa shape index (κ3) is 2.96. The number of esters is 1. The molecule has 0 spiro atoms. The van der Waals surface area contributed by atoms with Gasteiger partial charge in [0, 0.05) is 6.92 Å². The van der Waals surface area contributed by atoms with Crippen LogP contribution in [0.2, 0.25) is 0 Å². The summed E-state index contributed by atoms with van der Waals surface area (Å²) >= 11 is 0. The van der Waals surface area contributed by atoms with E-state index < -0.39 is 0 Å². The number of carbonyl (C=O) groups excluding carboxylic acids is 1. The highest BCUT2D eigenvalue weighted by Gasteiger charge is 2.08. The molecule has 16 heavy (non-hydrogen) atoms. The molecule has 0 amide bonds. The predicted octanol–water partition coefficient (Wildman–Crippen LogP) is 3.19. The summed E-state index contributed by atoms with van der Waals surface area (Å²) in [5.74, 6) is -0.274. The first-order chi connectivity index (χ1) is 7.41. The van der Waals surface area contributed by atoms with Crippen LogP contribution in [0.25, 0.3) is 5.57 Å². The lowest BCUT2D eigenvalue weighted by atomic mass is 9.95. The van der Waals surface area contributed by atoms with E-state index >= 15 is 0 Å². The average molecular weight is 218 g/mol. The van der Waals surface area contributed by atoms with Crippen LogP contribution >= 0.6 is 0 Å². The van der Waals surface area contributed by atoms with Crippen LogP contribution in [-0.2, 0) is 9.53 Å². The minimum atomic E-state index is -0.274. The summed E-state index contributed by atoms with van der Waals surface area (Å²) in [6.07, 6.45) is 0. The van der Waals surface area contributed by atoms with Crippen molar-refractivity contribution in [1.82, 2.24) is 0 Å². The van der Waals surface area contributed by atoms with Gasteiger partial charge in [-0.2, -0.15) is 0 Å². The van der Waals surface area contributed by atoms with Gasteiger partial charge in [0.1, 0.15) is 6.61 Å². The summed E-state index contributed by atoms with van der Waals surface area (Å²) < 4.78 is 4.96. The highest BCUT2D eigenvalue weighted by atomic mass is 16.5. The Morgan fingerprint density at radius 2 is 1.75 bits per heavy atom. The van der Waals surface area contributed by atoms with Gasteiger partial charge in [0.15, 0.2) is 0 Å². The fourth-order valence-corrected chi connectivity index (χ4v) is 2.00. The first-order valence-electron chi connectivity index (χ1n) is 5.31. The molecule has 1 aromatic rings. The second-order valence-electron chi connectivity index (χ2n) is 4.16. The molecule has 0 aliphatic rings. The van der Waals surface area contributed by atoms with Gasteiger partial charge >= 0.3 is 5.97 Å². The van der Waals surface area contributed by atoms with E-state index in [0.717, 1.165) is 11.1 Å². The van der Waals surface area contributed by atoms with E-state index in [1.807, 2.05) is 13.8 Å². The molecule has 0 heterocycles. The molecular weight excluding hydrogens is 200 g/mol. The normalized spacial score (nSPS) is 10.0. The number of ether oxygens (including phenoxy) is 1. The van der Waals surface area contributed by atoms with E-state index in [-0.39, 0.29) is 12.6 Å². The van der Waals surface area contributed by atoms with Crippen LogP contribution in [-0.4, -0.2) is 12.6 Å². The zero-order valence-corrected chi connectivity index (χ0v) is 10.4. The van der Waals surface area contributed by atoms with Crippen molar-refractivity contribution >= 4 is 11.5 Å². The van der Waals surface area contributed by atoms with Crippen LogP contribution in [0.5, 0.6) is 0 Å². The Kier molecular flexibility index (Phi) is 3.88. The molecule has 2 heteroatoms. The van der Waals surface area contributed by atoms with Crippen LogP contribution in [0.15, 0.2) is 18.7 Å². The van der Waals surface area contributed by atoms with E-state index in [1.54, 1.807) is 0 Å². The molecule has 0 saturated heterocycles. The first kappa shape index (κ1) is 12.5. The van der Waals surface area contributed by atoms with Gasteiger partial charge in [-0.1, -0.05) is 24.3 Å². The monoisotopic (exact) mass is 218 g/mol. The maximum atomic E-state index is 10.7. The Hall–Kier alpha value is -1.57. The summed E-state index contributed by atoms with van der Waals surface area (Å²) in [4.78, 5) is 10.7. The molecule has 2 nitrogen and oxygen atoms in total. The first-order valence-corrected chi connectivity index (χ1v) is 5.31. The van der Waals surface area contributed by atoms with Gasteiger partial charge in [0.2, 0.25) is 0 Å². The number of aryl methyl sites for hydroxylation is 3. The molecule has 0 saturated carbocycles. The molecule has 86 valence electrons. The largest absolute Gasteiger partial charge is 0.461 e. The lowest BCUT2D eigenvalue weighted by Gasteiger charge is -2.13. The van der Waals surface area contributed by atoms with Gasteiger partial charge in [0.05, 0.1) is 0 Å². The van der Waals surface area contributed by atoms with Crippen molar-refractivity contribution < 1.29 is 9.53 Å². The van der Waals surface area contributed by atoms with E-state index in [9.17, 15) is 4.79 Å². The molecular formula is C14H18O2. The molecule has 0 atom stereocenters. The van der Waals surface area contributed by atoms with Gasteiger partial charge in [-0.15, -0.1) is 0 Å². The fourth-order valence-electron chi connectivity index (χ4n) is 2.00. The Balaban J connectivity index is 2.95. The van der Waals surface area contributed by atoms with E-state index in [2.05, 4.69) is 25.6 Å². The molecule has 0 bridgehead atoms. The number of rotatable bonds is 3. The maximum Gasteiger partial charge on any atom is 0.302 e. The van der Waals surface area contributed by atoms with Crippen molar-refractivity contribution in [1.29, 1.82) is 0 Å². The average Bonchev–Trinajstić information content (AvgIpc) is 2.12. The Bertz CT molecular complexity index is 407. The van der Waals surface area contributed by atoms with Crippen molar-refractivity contribution in [3.05, 3.63) is 41.0 Å². The minimum Gasteiger partial charge on any atom is -0.461 e. The third-order valence-electron chi connectivity index (χ3n) is 2.48. The molecule has 0 unspecified atom stereocenters. The molecule has 0 aliphatic carbocycles. The van der Waals surface area contributed by atoms with Gasteiger partial charge in [-0.25, -0.2) is 0 Å². The standard InChI is InChI=1S/C14H18O2/c1-9-6-10(2)14(11(3)7-9)12(4)8-16-13(5)15/h6-7H,4,8H2,1-3,5H3. The Morgan fingerprint density at radius 1 is 1.25 bits per heavy atom. The highest BCUT2D eigenvalue weighted by Crippen LogP contribution is 2.23. The van der Waals surface area contributed by atoms with E-state index in [0.29, 0.717) is 0 Å². The fraction of sp³-hybridized carbons (Fsp3) is 0.357. The van der Waals surface area contributed by atoms with Gasteiger partial charge < -0.3 is 4.74 Å². The molecule has 1 rings (SSSR count). The molecule has 0 radical (unpaired) electrons. The molecule has 0 aliphatic heterocycles. The number of carbonyl (C=O) groups is 1.